The van der Waals surface area contributed by atoms with Crippen molar-refractivity contribution in [3.8, 4) is 0 Å². The molecule has 1 saturated heterocycles. The normalized spacial score (nSPS) is 44.0. The Balaban J connectivity index is 1.79. The van der Waals surface area contributed by atoms with Gasteiger partial charge in [0.1, 0.15) is 0 Å². The van der Waals surface area contributed by atoms with Crippen molar-refractivity contribution in [3.05, 3.63) is 22.3 Å². The van der Waals surface area contributed by atoms with Crippen LogP contribution in [0.4, 0.5) is 0 Å². The lowest BCUT2D eigenvalue weighted by molar-refractivity contribution is -0.528. The smallest absolute Gasteiger partial charge is 0.220 e. The highest BCUT2D eigenvalue weighted by Gasteiger charge is 2.55. The van der Waals surface area contributed by atoms with Crippen LogP contribution in [0.15, 0.2) is 12.2 Å². The summed E-state index contributed by atoms with van der Waals surface area (Å²) in [5.41, 5.74) is 0. The van der Waals surface area contributed by atoms with Crippen molar-refractivity contribution in [2.24, 2.45) is 17.8 Å². The summed E-state index contributed by atoms with van der Waals surface area (Å²) < 4.78 is 10.9. The van der Waals surface area contributed by atoms with E-state index >= 15 is 0 Å². The van der Waals surface area contributed by atoms with Crippen LogP contribution in [0, 0.1) is 27.9 Å². The van der Waals surface area contributed by atoms with Gasteiger partial charge in [0, 0.05) is 17.3 Å². The molecule has 1 aliphatic heterocycles. The van der Waals surface area contributed by atoms with E-state index in [1.165, 1.54) is 0 Å². The van der Waals surface area contributed by atoms with Crippen LogP contribution >= 0.6 is 0 Å². The van der Waals surface area contributed by atoms with E-state index in [0.29, 0.717) is 19.6 Å². The van der Waals surface area contributed by atoms with Gasteiger partial charge in [-0.15, -0.1) is 0 Å². The summed E-state index contributed by atoms with van der Waals surface area (Å²) in [7, 11) is 0. The topological polar surface area (TPSA) is 61.6 Å². The molecular weight excluding hydrogens is 198 g/mol. The maximum Gasteiger partial charge on any atom is 0.220 e. The molecule has 0 amide bonds. The maximum absolute atomic E-state index is 10.8. The Labute approximate surface area is 87.2 Å². The molecule has 3 aliphatic rings. The Hall–Kier alpha value is -0.940. The van der Waals surface area contributed by atoms with Gasteiger partial charge in [0.2, 0.25) is 6.04 Å². The molecule has 0 spiro atoms. The molecule has 4 atom stereocenters. The van der Waals surface area contributed by atoms with E-state index in [-0.39, 0.29) is 29.0 Å². The van der Waals surface area contributed by atoms with E-state index in [2.05, 4.69) is 6.08 Å². The minimum atomic E-state index is -0.433. The molecule has 0 aromatic carbocycles. The van der Waals surface area contributed by atoms with Crippen LogP contribution in [-0.4, -0.2) is 30.5 Å². The quantitative estimate of drug-likeness (QED) is 0.385. The SMILES string of the molecule is O=[N+]([O-])C1CC2C=CC1C2C1OCCO1. The highest BCUT2D eigenvalue weighted by atomic mass is 16.7. The lowest BCUT2D eigenvalue weighted by Gasteiger charge is -2.21. The molecule has 0 aromatic heterocycles. The summed E-state index contributed by atoms with van der Waals surface area (Å²) in [5, 5.41) is 10.8. The number of rotatable bonds is 2. The van der Waals surface area contributed by atoms with Crippen molar-refractivity contribution in [3.63, 3.8) is 0 Å². The summed E-state index contributed by atoms with van der Waals surface area (Å²) in [6.07, 6.45) is 4.47. The fraction of sp³-hybridized carbons (Fsp3) is 0.800. The van der Waals surface area contributed by atoms with Crippen LogP contribution < -0.4 is 0 Å². The lowest BCUT2D eigenvalue weighted by atomic mass is 9.95. The van der Waals surface area contributed by atoms with Gasteiger partial charge >= 0.3 is 0 Å². The first-order chi connectivity index (χ1) is 7.27. The molecule has 2 bridgehead atoms. The first-order valence-corrected chi connectivity index (χ1v) is 5.32. The molecule has 82 valence electrons. The Morgan fingerprint density at radius 1 is 1.27 bits per heavy atom. The second kappa shape index (κ2) is 3.28. The molecule has 5 heteroatoms. The molecule has 2 aliphatic carbocycles. The third-order valence-electron chi connectivity index (χ3n) is 3.71. The molecule has 2 fully saturated rings. The number of hydrogen-bond acceptors (Lipinski definition) is 4. The fourth-order valence-electron chi connectivity index (χ4n) is 3.08. The summed E-state index contributed by atoms with van der Waals surface area (Å²) in [4.78, 5) is 10.7. The summed E-state index contributed by atoms with van der Waals surface area (Å²) >= 11 is 0. The minimum Gasteiger partial charge on any atom is -0.350 e. The highest BCUT2D eigenvalue weighted by molar-refractivity contribution is 5.16. The molecule has 1 saturated carbocycles. The third-order valence-corrected chi connectivity index (χ3v) is 3.71. The fourth-order valence-corrected chi connectivity index (χ4v) is 3.08. The molecular formula is C10H13NO4. The Bertz CT molecular complexity index is 311. The molecule has 5 nitrogen and oxygen atoms in total. The standard InChI is InChI=1S/C10H13NO4/c12-11(13)8-5-6-1-2-7(8)9(6)10-14-3-4-15-10/h1-2,6-10H,3-5H2. The Morgan fingerprint density at radius 2 is 2.00 bits per heavy atom. The van der Waals surface area contributed by atoms with Gasteiger partial charge in [-0.25, -0.2) is 0 Å². The van der Waals surface area contributed by atoms with Crippen LogP contribution in [0.5, 0.6) is 0 Å². The number of hydrogen-bond donors (Lipinski definition) is 0. The molecule has 0 N–H and O–H groups in total. The number of nitro groups is 1. The number of nitrogens with zero attached hydrogens (tertiary/aromatic N) is 1. The Kier molecular flexibility index (Phi) is 2.03. The zero-order chi connectivity index (χ0) is 10.4. The van der Waals surface area contributed by atoms with E-state index in [9.17, 15) is 10.1 Å². The summed E-state index contributed by atoms with van der Waals surface area (Å²) in [6.45, 7) is 1.23. The van der Waals surface area contributed by atoms with Gasteiger partial charge in [-0.3, -0.25) is 10.1 Å². The largest absolute Gasteiger partial charge is 0.350 e. The van der Waals surface area contributed by atoms with E-state index in [0.717, 1.165) is 0 Å². The van der Waals surface area contributed by atoms with Crippen molar-refractivity contribution < 1.29 is 14.4 Å². The second-order valence-electron chi connectivity index (χ2n) is 4.40. The van der Waals surface area contributed by atoms with Gasteiger partial charge in [-0.05, 0) is 5.92 Å². The third kappa shape index (κ3) is 1.30. The van der Waals surface area contributed by atoms with Crippen LogP contribution in [0.2, 0.25) is 0 Å². The van der Waals surface area contributed by atoms with E-state index in [4.69, 9.17) is 9.47 Å². The molecule has 15 heavy (non-hydrogen) atoms. The average Bonchev–Trinajstić information content (AvgIpc) is 2.90. The molecule has 4 unspecified atom stereocenters. The summed E-state index contributed by atoms with van der Waals surface area (Å²) in [5.74, 6) is 0.449. The molecule has 0 aromatic rings. The predicted octanol–water partition coefficient (Wildman–Crippen LogP) is 0.827. The van der Waals surface area contributed by atoms with E-state index < -0.39 is 6.04 Å². The van der Waals surface area contributed by atoms with Gasteiger partial charge in [0.05, 0.1) is 19.1 Å². The predicted molar refractivity (Wildman–Crippen MR) is 50.7 cm³/mol. The van der Waals surface area contributed by atoms with Crippen LogP contribution in [0.3, 0.4) is 0 Å². The first kappa shape index (κ1) is 9.30. The van der Waals surface area contributed by atoms with Crippen molar-refractivity contribution in [2.75, 3.05) is 13.2 Å². The molecule has 0 radical (unpaired) electrons. The van der Waals surface area contributed by atoms with Gasteiger partial charge in [0.15, 0.2) is 6.29 Å². The Morgan fingerprint density at radius 3 is 2.60 bits per heavy atom. The van der Waals surface area contributed by atoms with Crippen LogP contribution in [-0.2, 0) is 9.47 Å². The zero-order valence-electron chi connectivity index (χ0n) is 8.24. The molecule has 3 rings (SSSR count). The number of ether oxygens (including phenoxy) is 2. The van der Waals surface area contributed by atoms with Crippen molar-refractivity contribution in [2.45, 2.75) is 18.8 Å². The molecule has 1 heterocycles. The van der Waals surface area contributed by atoms with Gasteiger partial charge < -0.3 is 9.47 Å². The summed E-state index contributed by atoms with van der Waals surface area (Å²) in [6, 6.07) is -0.433. The van der Waals surface area contributed by atoms with Gasteiger partial charge in [0.25, 0.3) is 0 Å². The maximum atomic E-state index is 10.8. The van der Waals surface area contributed by atoms with Crippen LogP contribution in [0.1, 0.15) is 6.42 Å². The minimum absolute atomic E-state index is 0.00750. The van der Waals surface area contributed by atoms with Crippen molar-refractivity contribution in [1.82, 2.24) is 0 Å². The lowest BCUT2D eigenvalue weighted by Crippen LogP contribution is -2.30. The highest BCUT2D eigenvalue weighted by Crippen LogP contribution is 2.48. The second-order valence-corrected chi connectivity index (χ2v) is 4.40. The van der Waals surface area contributed by atoms with Gasteiger partial charge in [-0.2, -0.15) is 0 Å². The van der Waals surface area contributed by atoms with Crippen LogP contribution in [0.25, 0.3) is 0 Å². The zero-order valence-corrected chi connectivity index (χ0v) is 8.24. The first-order valence-electron chi connectivity index (χ1n) is 5.32. The number of fused-ring (bicyclic) bond motifs is 2. The average molecular weight is 211 g/mol. The van der Waals surface area contributed by atoms with Crippen molar-refractivity contribution >= 4 is 0 Å². The van der Waals surface area contributed by atoms with Gasteiger partial charge in [-0.1, -0.05) is 12.2 Å². The van der Waals surface area contributed by atoms with Crippen molar-refractivity contribution in [1.29, 1.82) is 0 Å². The van der Waals surface area contributed by atoms with E-state index in [1.54, 1.807) is 0 Å². The number of allylic oxidation sites excluding steroid dienone is 1. The monoisotopic (exact) mass is 211 g/mol. The van der Waals surface area contributed by atoms with E-state index in [1.807, 2.05) is 6.08 Å².